The highest BCUT2D eigenvalue weighted by molar-refractivity contribution is 7.99. The van der Waals surface area contributed by atoms with Crippen LogP contribution in [0.4, 0.5) is 5.69 Å². The number of hydrogen-bond donors (Lipinski definition) is 4. The van der Waals surface area contributed by atoms with Gasteiger partial charge < -0.3 is 25.2 Å². The first kappa shape index (κ1) is 16.1. The third-order valence-corrected chi connectivity index (χ3v) is 4.31. The Morgan fingerprint density at radius 1 is 1.14 bits per heavy atom. The van der Waals surface area contributed by atoms with E-state index in [1.165, 1.54) is 24.3 Å². The average molecular weight is 317 g/mol. The van der Waals surface area contributed by atoms with E-state index in [-0.39, 0.29) is 5.69 Å². The topological polar surface area (TPSA) is 133 Å². The minimum absolute atomic E-state index is 0.0619. The van der Waals surface area contributed by atoms with E-state index >= 15 is 0 Å². The lowest BCUT2D eigenvalue weighted by Gasteiger charge is -2.39. The minimum atomic E-state index is -1.44. The largest absolute Gasteiger partial charge is 0.394 e. The Kier molecular flexibility index (Phi) is 5.14. The molecule has 5 atom stereocenters. The van der Waals surface area contributed by atoms with Gasteiger partial charge in [-0.15, -0.1) is 0 Å². The Hall–Kier alpha value is -1.23. The van der Waals surface area contributed by atoms with E-state index in [2.05, 4.69) is 0 Å². The molecule has 0 aromatic heterocycles. The van der Waals surface area contributed by atoms with Gasteiger partial charge in [-0.1, -0.05) is 11.8 Å². The normalized spacial score (nSPS) is 32.9. The number of non-ortho nitro benzene ring substituents is 1. The molecule has 0 unspecified atom stereocenters. The van der Waals surface area contributed by atoms with Gasteiger partial charge in [-0.3, -0.25) is 10.1 Å². The van der Waals surface area contributed by atoms with Crippen molar-refractivity contribution in [3.05, 3.63) is 34.4 Å². The Bertz CT molecular complexity index is 495. The minimum Gasteiger partial charge on any atom is -0.394 e. The van der Waals surface area contributed by atoms with Crippen molar-refractivity contribution in [1.29, 1.82) is 0 Å². The lowest BCUT2D eigenvalue weighted by atomic mass is 10.0. The molecule has 21 heavy (non-hydrogen) atoms. The number of nitro benzene ring substituents is 1. The van der Waals surface area contributed by atoms with Crippen molar-refractivity contribution in [3.8, 4) is 0 Å². The fraction of sp³-hybridized carbons (Fsp3) is 0.500. The van der Waals surface area contributed by atoms with Crippen LogP contribution >= 0.6 is 11.8 Å². The van der Waals surface area contributed by atoms with Crippen LogP contribution in [0.2, 0.25) is 0 Å². The number of aliphatic hydroxyl groups excluding tert-OH is 4. The third-order valence-electron chi connectivity index (χ3n) is 3.15. The van der Waals surface area contributed by atoms with Crippen LogP contribution in [0.15, 0.2) is 29.2 Å². The monoisotopic (exact) mass is 317 g/mol. The molecule has 0 bridgehead atoms. The van der Waals surface area contributed by atoms with Gasteiger partial charge in [0.15, 0.2) is 0 Å². The zero-order chi connectivity index (χ0) is 15.6. The molecule has 1 fully saturated rings. The van der Waals surface area contributed by atoms with Crippen molar-refractivity contribution in [1.82, 2.24) is 0 Å². The van der Waals surface area contributed by atoms with E-state index in [0.717, 1.165) is 11.8 Å². The van der Waals surface area contributed by atoms with E-state index in [1.807, 2.05) is 0 Å². The number of ether oxygens (including phenoxy) is 1. The van der Waals surface area contributed by atoms with Crippen molar-refractivity contribution >= 4 is 17.4 Å². The third kappa shape index (κ3) is 3.51. The molecule has 1 aromatic carbocycles. The van der Waals surface area contributed by atoms with Gasteiger partial charge in [-0.2, -0.15) is 0 Å². The first-order chi connectivity index (χ1) is 9.93. The lowest BCUT2D eigenvalue weighted by molar-refractivity contribution is -0.384. The van der Waals surface area contributed by atoms with Crippen molar-refractivity contribution in [3.63, 3.8) is 0 Å². The van der Waals surface area contributed by atoms with E-state index in [1.54, 1.807) is 0 Å². The molecule has 1 aromatic rings. The zero-order valence-electron chi connectivity index (χ0n) is 10.8. The van der Waals surface area contributed by atoms with E-state index in [0.29, 0.717) is 4.90 Å². The summed E-state index contributed by atoms with van der Waals surface area (Å²) in [5.74, 6) is 0. The highest BCUT2D eigenvalue weighted by atomic mass is 32.2. The first-order valence-electron chi connectivity index (χ1n) is 6.15. The smallest absolute Gasteiger partial charge is 0.269 e. The summed E-state index contributed by atoms with van der Waals surface area (Å²) < 4.78 is 5.33. The molecule has 1 aliphatic heterocycles. The number of hydrogen-bond acceptors (Lipinski definition) is 8. The molecule has 1 aliphatic rings. The van der Waals surface area contributed by atoms with Crippen LogP contribution in [0.1, 0.15) is 0 Å². The summed E-state index contributed by atoms with van der Waals surface area (Å²) in [5.41, 5.74) is -0.963. The van der Waals surface area contributed by atoms with Gasteiger partial charge in [0.1, 0.15) is 29.9 Å². The van der Waals surface area contributed by atoms with Gasteiger partial charge in [0.25, 0.3) is 5.69 Å². The molecule has 8 nitrogen and oxygen atoms in total. The molecule has 2 rings (SSSR count). The van der Waals surface area contributed by atoms with Crippen molar-refractivity contribution in [2.45, 2.75) is 34.7 Å². The van der Waals surface area contributed by atoms with Gasteiger partial charge in [-0.05, 0) is 12.1 Å². The SMILES string of the molecule is O=[N+]([O-])c1ccc(S[C@@H]2O[C@H](CO)[C@H](O)[C@@H](O)[C@@H]2O)cc1. The maximum atomic E-state index is 10.6. The van der Waals surface area contributed by atoms with Crippen molar-refractivity contribution < 1.29 is 30.1 Å². The van der Waals surface area contributed by atoms with Crippen LogP contribution in [-0.4, -0.2) is 61.8 Å². The molecule has 1 heterocycles. The van der Waals surface area contributed by atoms with E-state index in [9.17, 15) is 25.4 Å². The average Bonchev–Trinajstić information content (AvgIpc) is 2.48. The number of rotatable bonds is 4. The fourth-order valence-electron chi connectivity index (χ4n) is 1.95. The molecule has 0 aliphatic carbocycles. The molecule has 116 valence electrons. The van der Waals surface area contributed by atoms with Gasteiger partial charge in [-0.25, -0.2) is 0 Å². The molecule has 0 spiro atoms. The van der Waals surface area contributed by atoms with E-state index in [4.69, 9.17) is 9.84 Å². The Labute approximate surface area is 124 Å². The summed E-state index contributed by atoms with van der Waals surface area (Å²) in [6.07, 6.45) is -5.16. The maximum absolute atomic E-state index is 10.6. The molecule has 0 amide bonds. The second kappa shape index (κ2) is 6.69. The summed E-state index contributed by atoms with van der Waals surface area (Å²) in [5, 5.41) is 48.9. The van der Waals surface area contributed by atoms with E-state index < -0.39 is 41.4 Å². The van der Waals surface area contributed by atoms with Crippen molar-refractivity contribution in [2.24, 2.45) is 0 Å². The van der Waals surface area contributed by atoms with Gasteiger partial charge in [0.2, 0.25) is 0 Å². The van der Waals surface area contributed by atoms with Gasteiger partial charge in [0.05, 0.1) is 11.5 Å². The summed E-state index contributed by atoms with van der Waals surface area (Å²) in [6.45, 7) is -0.498. The van der Waals surface area contributed by atoms with Crippen molar-refractivity contribution in [2.75, 3.05) is 6.61 Å². The number of benzene rings is 1. The molecule has 9 heteroatoms. The summed E-state index contributed by atoms with van der Waals surface area (Å²) in [7, 11) is 0. The van der Waals surface area contributed by atoms with Crippen LogP contribution in [0.3, 0.4) is 0 Å². The quantitative estimate of drug-likeness (QED) is 0.431. The van der Waals surface area contributed by atoms with Crippen LogP contribution in [-0.2, 0) is 4.74 Å². The Balaban J connectivity index is 2.08. The fourth-order valence-corrected chi connectivity index (χ4v) is 3.01. The summed E-state index contributed by atoms with van der Waals surface area (Å²) in [4.78, 5) is 10.6. The Morgan fingerprint density at radius 3 is 2.29 bits per heavy atom. The predicted molar refractivity (Wildman–Crippen MR) is 72.7 cm³/mol. The lowest BCUT2D eigenvalue weighted by Crippen LogP contribution is -2.57. The predicted octanol–water partition coefficient (Wildman–Crippen LogP) is -0.513. The van der Waals surface area contributed by atoms with Crippen LogP contribution in [0.25, 0.3) is 0 Å². The Morgan fingerprint density at radius 2 is 1.76 bits per heavy atom. The van der Waals surface area contributed by atoms with Crippen LogP contribution in [0, 0.1) is 10.1 Å². The summed E-state index contributed by atoms with van der Waals surface area (Å²) >= 11 is 1.04. The molecule has 0 radical (unpaired) electrons. The van der Waals surface area contributed by atoms with Gasteiger partial charge >= 0.3 is 0 Å². The molecular formula is C12H15NO7S. The second-order valence-corrected chi connectivity index (χ2v) is 5.74. The van der Waals surface area contributed by atoms with Crippen LogP contribution < -0.4 is 0 Å². The molecule has 0 saturated carbocycles. The number of nitrogens with zero attached hydrogens (tertiary/aromatic N) is 1. The molecular weight excluding hydrogens is 302 g/mol. The van der Waals surface area contributed by atoms with Crippen LogP contribution in [0.5, 0.6) is 0 Å². The maximum Gasteiger partial charge on any atom is 0.269 e. The number of nitro groups is 1. The molecule has 4 N–H and O–H groups in total. The highest BCUT2D eigenvalue weighted by Gasteiger charge is 2.43. The standard InChI is InChI=1S/C12H15NO7S/c14-5-8-9(15)10(16)11(17)12(20-8)21-7-3-1-6(2-4-7)13(18)19/h1-4,8-12,14-17H,5H2/t8-,9+,10-,11+,12+/m1/s1. The molecule has 1 saturated heterocycles. The van der Waals surface area contributed by atoms with Gasteiger partial charge in [0, 0.05) is 17.0 Å². The highest BCUT2D eigenvalue weighted by Crippen LogP contribution is 2.33. The number of thioether (sulfide) groups is 1. The second-order valence-electron chi connectivity index (χ2n) is 4.57. The first-order valence-corrected chi connectivity index (χ1v) is 7.03. The summed E-state index contributed by atoms with van der Waals surface area (Å²) in [6, 6.07) is 5.60. The number of aliphatic hydroxyl groups is 4. The zero-order valence-corrected chi connectivity index (χ0v) is 11.6.